The molecule has 5 rings (SSSR count). The number of H-pyrrole nitrogens is 1. The normalized spacial score (nSPS) is 17.8. The minimum Gasteiger partial charge on any atom is -0.480 e. The highest BCUT2D eigenvalue weighted by molar-refractivity contribution is 6.34. The highest BCUT2D eigenvalue weighted by Gasteiger charge is 2.27. The van der Waals surface area contributed by atoms with Gasteiger partial charge in [0, 0.05) is 60.4 Å². The van der Waals surface area contributed by atoms with E-state index in [0.29, 0.717) is 22.5 Å². The number of pyridine rings is 1. The maximum Gasteiger partial charge on any atom is 0.340 e. The molecule has 2 saturated heterocycles. The van der Waals surface area contributed by atoms with Crippen LogP contribution in [0.3, 0.4) is 0 Å². The van der Waals surface area contributed by atoms with Gasteiger partial charge in [-0.25, -0.2) is 4.79 Å². The standard InChI is InChI=1S/C28H36ClN5O3/c1-28(2,3)37-27(35)22-17-31-24-16-23(29)20(15-21(22)24)19-5-6-25(32-26(19)36-4)34-13-11-33(12-14-34)18-7-9-30-10-8-18/h5-6,15-18,30-31H,7-14H2,1-4H3. The van der Waals surface area contributed by atoms with Crippen molar-refractivity contribution in [3.63, 3.8) is 0 Å². The van der Waals surface area contributed by atoms with Gasteiger partial charge in [-0.15, -0.1) is 0 Å². The van der Waals surface area contributed by atoms with Crippen molar-refractivity contribution >= 4 is 34.3 Å². The number of hydrogen-bond acceptors (Lipinski definition) is 7. The fraction of sp³-hybridized carbons (Fsp3) is 0.500. The number of ether oxygens (including phenoxy) is 2. The summed E-state index contributed by atoms with van der Waals surface area (Å²) in [5.74, 6) is 1.03. The number of hydrogen-bond donors (Lipinski definition) is 2. The van der Waals surface area contributed by atoms with Crippen molar-refractivity contribution in [2.75, 3.05) is 51.3 Å². The van der Waals surface area contributed by atoms with E-state index in [1.807, 2.05) is 45.0 Å². The summed E-state index contributed by atoms with van der Waals surface area (Å²) in [6, 6.07) is 8.46. The van der Waals surface area contributed by atoms with Gasteiger partial charge in [-0.1, -0.05) is 11.6 Å². The molecule has 0 bridgehead atoms. The van der Waals surface area contributed by atoms with Crippen LogP contribution in [-0.4, -0.2) is 78.9 Å². The lowest BCUT2D eigenvalue weighted by atomic mass is 10.0. The number of aromatic nitrogens is 2. The van der Waals surface area contributed by atoms with Crippen LogP contribution >= 0.6 is 11.6 Å². The number of piperidine rings is 1. The first kappa shape index (κ1) is 25.8. The summed E-state index contributed by atoms with van der Waals surface area (Å²) >= 11 is 6.70. The molecule has 2 aliphatic heterocycles. The monoisotopic (exact) mass is 525 g/mol. The third kappa shape index (κ3) is 5.56. The van der Waals surface area contributed by atoms with Crippen molar-refractivity contribution in [3.8, 4) is 17.0 Å². The quantitative estimate of drug-likeness (QED) is 0.466. The smallest absolute Gasteiger partial charge is 0.340 e. The van der Waals surface area contributed by atoms with Crippen LogP contribution in [0.2, 0.25) is 5.02 Å². The number of fused-ring (bicyclic) bond motifs is 1. The van der Waals surface area contributed by atoms with E-state index >= 15 is 0 Å². The molecule has 0 unspecified atom stereocenters. The molecule has 0 amide bonds. The third-order valence-corrected chi connectivity index (χ3v) is 7.49. The van der Waals surface area contributed by atoms with Gasteiger partial charge >= 0.3 is 5.97 Å². The van der Waals surface area contributed by atoms with Crippen molar-refractivity contribution < 1.29 is 14.3 Å². The van der Waals surface area contributed by atoms with Crippen LogP contribution < -0.4 is 15.0 Å². The molecule has 2 N–H and O–H groups in total. The molecule has 2 aromatic heterocycles. The van der Waals surface area contributed by atoms with E-state index in [9.17, 15) is 4.79 Å². The fourth-order valence-corrected chi connectivity index (χ4v) is 5.57. The number of nitrogens with one attached hydrogen (secondary N) is 2. The summed E-state index contributed by atoms with van der Waals surface area (Å²) in [6.07, 6.45) is 4.12. The summed E-state index contributed by atoms with van der Waals surface area (Å²) < 4.78 is 11.3. The van der Waals surface area contributed by atoms with Crippen molar-refractivity contribution in [2.45, 2.75) is 45.3 Å². The van der Waals surface area contributed by atoms with Crippen LogP contribution in [0.4, 0.5) is 5.82 Å². The number of benzene rings is 1. The number of esters is 1. The Hall–Kier alpha value is -2.81. The van der Waals surface area contributed by atoms with E-state index in [1.165, 1.54) is 12.8 Å². The zero-order valence-electron chi connectivity index (χ0n) is 22.1. The number of anilines is 1. The van der Waals surface area contributed by atoms with Crippen molar-refractivity contribution in [1.82, 2.24) is 20.2 Å². The van der Waals surface area contributed by atoms with Crippen LogP contribution in [0.5, 0.6) is 5.88 Å². The Morgan fingerprint density at radius 1 is 1.08 bits per heavy atom. The molecule has 0 radical (unpaired) electrons. The molecule has 9 heteroatoms. The molecule has 37 heavy (non-hydrogen) atoms. The number of carbonyl (C=O) groups excluding carboxylic acids is 1. The maximum atomic E-state index is 12.8. The second-order valence-electron chi connectivity index (χ2n) is 10.8. The minimum atomic E-state index is -0.585. The first-order valence-corrected chi connectivity index (χ1v) is 13.4. The Morgan fingerprint density at radius 3 is 2.49 bits per heavy atom. The molecule has 0 spiro atoms. The van der Waals surface area contributed by atoms with Crippen LogP contribution in [0, 0.1) is 0 Å². The van der Waals surface area contributed by atoms with Gasteiger partial charge in [-0.05, 0) is 71.0 Å². The van der Waals surface area contributed by atoms with Gasteiger partial charge in [0.2, 0.25) is 5.88 Å². The maximum absolute atomic E-state index is 12.8. The van der Waals surface area contributed by atoms with E-state index in [0.717, 1.165) is 67.1 Å². The largest absolute Gasteiger partial charge is 0.480 e. The Morgan fingerprint density at radius 2 is 1.81 bits per heavy atom. The van der Waals surface area contributed by atoms with Crippen molar-refractivity contribution in [1.29, 1.82) is 0 Å². The Balaban J connectivity index is 1.39. The number of aromatic amines is 1. The van der Waals surface area contributed by atoms with E-state index in [-0.39, 0.29) is 5.97 Å². The second-order valence-corrected chi connectivity index (χ2v) is 11.2. The van der Waals surface area contributed by atoms with Crippen LogP contribution in [-0.2, 0) is 4.74 Å². The van der Waals surface area contributed by atoms with E-state index in [4.69, 9.17) is 26.1 Å². The molecule has 3 aromatic rings. The lowest BCUT2D eigenvalue weighted by Crippen LogP contribution is -2.53. The molecule has 198 valence electrons. The number of rotatable bonds is 5. The first-order valence-electron chi connectivity index (χ1n) is 13.0. The molecule has 8 nitrogen and oxygen atoms in total. The first-order chi connectivity index (χ1) is 17.7. The second kappa shape index (κ2) is 10.5. The lowest BCUT2D eigenvalue weighted by molar-refractivity contribution is 0.00719. The summed E-state index contributed by atoms with van der Waals surface area (Å²) in [7, 11) is 1.62. The third-order valence-electron chi connectivity index (χ3n) is 7.18. The van der Waals surface area contributed by atoms with Gasteiger partial charge in [-0.2, -0.15) is 4.98 Å². The molecule has 0 aliphatic carbocycles. The van der Waals surface area contributed by atoms with Crippen molar-refractivity contribution in [3.05, 3.63) is 41.0 Å². The van der Waals surface area contributed by atoms with Gasteiger partial charge in [0.1, 0.15) is 11.4 Å². The molecule has 2 fully saturated rings. The predicted molar refractivity (Wildman–Crippen MR) is 148 cm³/mol. The Bertz CT molecular complexity index is 1270. The molecule has 1 aromatic carbocycles. The van der Waals surface area contributed by atoms with E-state index in [2.05, 4.69) is 20.1 Å². The van der Waals surface area contributed by atoms with Crippen molar-refractivity contribution in [2.24, 2.45) is 0 Å². The van der Waals surface area contributed by atoms with E-state index < -0.39 is 5.60 Å². The Labute approximate surface area is 223 Å². The SMILES string of the molecule is COc1nc(N2CCN(C3CCNCC3)CC2)ccc1-c1cc2c(C(=O)OC(C)(C)C)c[nH]c2cc1Cl. The molecular weight excluding hydrogens is 490 g/mol. The average Bonchev–Trinajstić information content (AvgIpc) is 3.30. The number of piperazine rings is 1. The van der Waals surface area contributed by atoms with Crippen LogP contribution in [0.25, 0.3) is 22.0 Å². The number of carbonyl (C=O) groups is 1. The average molecular weight is 526 g/mol. The van der Waals surface area contributed by atoms with E-state index in [1.54, 1.807) is 13.3 Å². The summed E-state index contributed by atoms with van der Waals surface area (Å²) in [5.41, 5.74) is 2.19. The number of methoxy groups -OCH3 is 1. The van der Waals surface area contributed by atoms with Crippen LogP contribution in [0.1, 0.15) is 44.0 Å². The Kier molecular flexibility index (Phi) is 7.34. The molecular formula is C28H36ClN5O3. The fourth-order valence-electron chi connectivity index (χ4n) is 5.31. The van der Waals surface area contributed by atoms with Gasteiger partial charge in [0.25, 0.3) is 0 Å². The molecule has 0 atom stereocenters. The highest BCUT2D eigenvalue weighted by atomic mass is 35.5. The highest BCUT2D eigenvalue weighted by Crippen LogP contribution is 2.38. The number of nitrogens with zero attached hydrogens (tertiary/aromatic N) is 3. The summed E-state index contributed by atoms with van der Waals surface area (Å²) in [6.45, 7) is 11.8. The molecule has 2 aliphatic rings. The van der Waals surface area contributed by atoms with Gasteiger partial charge in [0.15, 0.2) is 0 Å². The zero-order valence-corrected chi connectivity index (χ0v) is 22.8. The van der Waals surface area contributed by atoms with Crippen LogP contribution in [0.15, 0.2) is 30.5 Å². The van der Waals surface area contributed by atoms with Gasteiger partial charge < -0.3 is 24.7 Å². The molecule has 4 heterocycles. The summed E-state index contributed by atoms with van der Waals surface area (Å²) in [5, 5.41) is 4.75. The predicted octanol–water partition coefficient (Wildman–Crippen LogP) is 4.72. The lowest BCUT2D eigenvalue weighted by Gasteiger charge is -2.41. The minimum absolute atomic E-state index is 0.379. The summed E-state index contributed by atoms with van der Waals surface area (Å²) in [4.78, 5) is 25.8. The molecule has 0 saturated carbocycles. The topological polar surface area (TPSA) is 82.7 Å². The van der Waals surface area contributed by atoms with Gasteiger partial charge in [-0.3, -0.25) is 4.90 Å². The van der Waals surface area contributed by atoms with Gasteiger partial charge in [0.05, 0.1) is 17.7 Å². The zero-order chi connectivity index (χ0) is 26.2. The number of halogens is 1.